The first-order valence-electron chi connectivity index (χ1n) is 4.08. The lowest BCUT2D eigenvalue weighted by Gasteiger charge is -1.94. The van der Waals surface area contributed by atoms with E-state index in [4.69, 9.17) is 9.78 Å². The highest BCUT2D eigenvalue weighted by atomic mass is 16.5. The van der Waals surface area contributed by atoms with Crippen molar-refractivity contribution in [3.05, 3.63) is 17.5 Å². The van der Waals surface area contributed by atoms with Crippen molar-refractivity contribution < 1.29 is 4.52 Å². The fourth-order valence-corrected chi connectivity index (χ4v) is 1.04. The zero-order valence-electron chi connectivity index (χ0n) is 7.37. The molecular weight excluding hydrogens is 151 g/mol. The monoisotopic (exact) mass is 162 g/mol. The molecule has 0 radical (unpaired) electrons. The molecular formula is C8H11BN2O. The molecule has 0 aliphatic rings. The van der Waals surface area contributed by atoms with Gasteiger partial charge < -0.3 is 4.52 Å². The number of aryl methyl sites for hydroxylation is 1. The largest absolute Gasteiger partial charge is 0.362 e. The van der Waals surface area contributed by atoms with E-state index < -0.39 is 0 Å². The summed E-state index contributed by atoms with van der Waals surface area (Å²) in [6.45, 7) is 3.93. The molecule has 3 nitrogen and oxygen atoms in total. The van der Waals surface area contributed by atoms with Gasteiger partial charge in [0.1, 0.15) is 5.76 Å². The lowest BCUT2D eigenvalue weighted by Crippen LogP contribution is -2.12. The molecule has 1 rings (SSSR count). The van der Waals surface area contributed by atoms with Crippen molar-refractivity contribution in [2.45, 2.75) is 26.5 Å². The maximum absolute atomic E-state index is 8.68. The van der Waals surface area contributed by atoms with Gasteiger partial charge in [-0.3, -0.25) is 0 Å². The molecule has 0 aliphatic carbocycles. The predicted molar refractivity (Wildman–Crippen MR) is 46.8 cm³/mol. The molecule has 0 fully saturated rings. The van der Waals surface area contributed by atoms with Gasteiger partial charge in [0.25, 0.3) is 6.71 Å². The second kappa shape index (κ2) is 3.96. The molecule has 0 aliphatic heterocycles. The summed E-state index contributed by atoms with van der Waals surface area (Å²) in [4.78, 5) is 0. The highest BCUT2D eigenvalue weighted by molar-refractivity contribution is 6.66. The zero-order chi connectivity index (χ0) is 8.97. The quantitative estimate of drug-likeness (QED) is 0.634. The molecule has 0 aromatic carbocycles. The van der Waals surface area contributed by atoms with E-state index in [1.165, 1.54) is 0 Å². The number of nitrogens with zero attached hydrogens (tertiary/aromatic N) is 2. The Morgan fingerprint density at radius 2 is 2.50 bits per heavy atom. The maximum Gasteiger partial charge on any atom is 0.275 e. The first-order chi connectivity index (χ1) is 5.76. The van der Waals surface area contributed by atoms with Gasteiger partial charge in [0, 0.05) is 18.4 Å². The van der Waals surface area contributed by atoms with Crippen LogP contribution in [0.5, 0.6) is 0 Å². The van der Waals surface area contributed by atoms with Gasteiger partial charge >= 0.3 is 0 Å². The second-order valence-electron chi connectivity index (χ2n) is 2.87. The van der Waals surface area contributed by atoms with Crippen LogP contribution in [0.25, 0.3) is 0 Å². The van der Waals surface area contributed by atoms with Crippen molar-refractivity contribution in [3.8, 4) is 5.97 Å². The van der Waals surface area contributed by atoms with E-state index in [0.29, 0.717) is 6.32 Å². The van der Waals surface area contributed by atoms with Gasteiger partial charge in [-0.25, -0.2) is 5.26 Å². The van der Waals surface area contributed by atoms with E-state index in [2.05, 4.69) is 11.1 Å². The molecule has 0 N–H and O–H groups in total. The Balaban J connectivity index is 2.58. The molecule has 0 saturated carbocycles. The first kappa shape index (κ1) is 8.86. The molecule has 1 heterocycles. The third kappa shape index (κ3) is 2.13. The number of hydrogen-bond acceptors (Lipinski definition) is 3. The molecule has 12 heavy (non-hydrogen) atoms. The highest BCUT2D eigenvalue weighted by Crippen LogP contribution is 2.06. The van der Waals surface area contributed by atoms with Crippen LogP contribution in [0.2, 0.25) is 6.32 Å². The Morgan fingerprint density at radius 3 is 2.92 bits per heavy atom. The van der Waals surface area contributed by atoms with Gasteiger partial charge in [-0.2, -0.15) is 0 Å². The van der Waals surface area contributed by atoms with E-state index in [0.717, 1.165) is 17.8 Å². The van der Waals surface area contributed by atoms with Gasteiger partial charge in [-0.05, 0) is 6.92 Å². The normalized spacial score (nSPS) is 9.42. The summed E-state index contributed by atoms with van der Waals surface area (Å²) >= 11 is 0. The smallest absolute Gasteiger partial charge is 0.275 e. The van der Waals surface area contributed by atoms with Crippen LogP contribution in [0.1, 0.15) is 18.4 Å². The highest BCUT2D eigenvalue weighted by Gasteiger charge is 2.14. The lowest BCUT2D eigenvalue weighted by molar-refractivity contribution is 0.389. The third-order valence-electron chi connectivity index (χ3n) is 1.80. The topological polar surface area (TPSA) is 49.8 Å². The Labute approximate surface area is 72.4 Å². The van der Waals surface area contributed by atoms with Crippen molar-refractivity contribution in [3.63, 3.8) is 0 Å². The molecule has 1 aromatic heterocycles. The van der Waals surface area contributed by atoms with Crippen LogP contribution in [0, 0.1) is 18.2 Å². The lowest BCUT2D eigenvalue weighted by atomic mass is 9.46. The Bertz CT molecular complexity index is 289. The molecule has 0 saturated heterocycles. The fraction of sp³-hybridized carbons (Fsp3) is 0.500. The average molecular weight is 162 g/mol. The first-order valence-corrected chi connectivity index (χ1v) is 4.08. The molecule has 4 heteroatoms. The van der Waals surface area contributed by atoms with Gasteiger partial charge in [0.15, 0.2) is 0 Å². The summed E-state index contributed by atoms with van der Waals surface area (Å²) in [7, 11) is 0. The summed E-state index contributed by atoms with van der Waals surface area (Å²) in [5.41, 5.74) is 0.873. The fourth-order valence-electron chi connectivity index (χ4n) is 1.04. The van der Waals surface area contributed by atoms with E-state index >= 15 is 0 Å². The van der Waals surface area contributed by atoms with Gasteiger partial charge in [0.05, 0.1) is 5.69 Å². The molecule has 0 amide bonds. The van der Waals surface area contributed by atoms with Crippen LogP contribution in [-0.4, -0.2) is 11.9 Å². The number of aromatic nitrogens is 1. The Kier molecular flexibility index (Phi) is 2.92. The van der Waals surface area contributed by atoms with Crippen molar-refractivity contribution in [2.75, 3.05) is 0 Å². The van der Waals surface area contributed by atoms with Crippen molar-refractivity contribution >= 4 is 6.71 Å². The molecule has 0 atom stereocenters. The number of hydrogen-bond donors (Lipinski definition) is 0. The third-order valence-corrected chi connectivity index (χ3v) is 1.80. The summed E-state index contributed by atoms with van der Waals surface area (Å²) in [5.74, 6) is 3.03. The van der Waals surface area contributed by atoms with Crippen LogP contribution in [0.3, 0.4) is 0 Å². The molecule has 0 unspecified atom stereocenters. The van der Waals surface area contributed by atoms with Crippen LogP contribution in [0.4, 0.5) is 0 Å². The van der Waals surface area contributed by atoms with E-state index in [9.17, 15) is 0 Å². The second-order valence-corrected chi connectivity index (χ2v) is 2.87. The van der Waals surface area contributed by atoms with Crippen LogP contribution in [0.15, 0.2) is 10.6 Å². The molecule has 0 bridgehead atoms. The minimum Gasteiger partial charge on any atom is -0.362 e. The number of rotatable bonds is 3. The summed E-state index contributed by atoms with van der Waals surface area (Å²) in [6, 6.07) is 1.88. The standard InChI is InChI=1S/C8H11BN2O/c1-3-9(6-10)5-8-4-7(2)11-12-8/h4H,3,5H2,1-2H3. The minimum absolute atomic E-state index is 0.0531. The summed E-state index contributed by atoms with van der Waals surface area (Å²) in [5, 5.41) is 12.4. The van der Waals surface area contributed by atoms with Crippen LogP contribution < -0.4 is 0 Å². The molecule has 62 valence electrons. The predicted octanol–water partition coefficient (Wildman–Crippen LogP) is 1.64. The van der Waals surface area contributed by atoms with Crippen LogP contribution in [-0.2, 0) is 6.32 Å². The molecule has 0 spiro atoms. The van der Waals surface area contributed by atoms with Crippen LogP contribution >= 0.6 is 0 Å². The van der Waals surface area contributed by atoms with E-state index in [1.807, 2.05) is 19.9 Å². The summed E-state index contributed by atoms with van der Waals surface area (Å²) in [6.07, 6.45) is 1.53. The minimum atomic E-state index is 0.0531. The van der Waals surface area contributed by atoms with E-state index in [-0.39, 0.29) is 6.71 Å². The van der Waals surface area contributed by atoms with E-state index in [1.54, 1.807) is 0 Å². The number of nitriles is 1. The van der Waals surface area contributed by atoms with Crippen molar-refractivity contribution in [1.29, 1.82) is 5.26 Å². The Hall–Kier alpha value is -1.24. The van der Waals surface area contributed by atoms with Gasteiger partial charge in [-0.1, -0.05) is 18.4 Å². The molecule has 1 aromatic rings. The average Bonchev–Trinajstić information content (AvgIpc) is 2.47. The van der Waals surface area contributed by atoms with Crippen molar-refractivity contribution in [1.82, 2.24) is 5.16 Å². The summed E-state index contributed by atoms with van der Waals surface area (Å²) < 4.78 is 5.00. The van der Waals surface area contributed by atoms with Crippen molar-refractivity contribution in [2.24, 2.45) is 0 Å². The van der Waals surface area contributed by atoms with Gasteiger partial charge in [-0.15, -0.1) is 0 Å². The SMILES string of the molecule is CCB(C#N)Cc1cc(C)no1. The zero-order valence-corrected chi connectivity index (χ0v) is 7.37. The maximum atomic E-state index is 8.68. The Morgan fingerprint density at radius 1 is 1.75 bits per heavy atom. The van der Waals surface area contributed by atoms with Gasteiger partial charge in [0.2, 0.25) is 0 Å².